The van der Waals surface area contributed by atoms with Crippen molar-refractivity contribution >= 4 is 5.91 Å². The number of nitrogens with zero attached hydrogens (tertiary/aromatic N) is 3. The van der Waals surface area contributed by atoms with Crippen LogP contribution in [-0.4, -0.2) is 33.4 Å². The summed E-state index contributed by atoms with van der Waals surface area (Å²) in [6.45, 7) is 5.33. The number of aryl methyl sites for hydroxylation is 1. The lowest BCUT2D eigenvalue weighted by Gasteiger charge is -2.21. The van der Waals surface area contributed by atoms with Crippen LogP contribution in [0.4, 0.5) is 0 Å². The van der Waals surface area contributed by atoms with Gasteiger partial charge in [-0.2, -0.15) is 0 Å². The van der Waals surface area contributed by atoms with Crippen molar-refractivity contribution in [2.75, 3.05) is 13.1 Å². The van der Waals surface area contributed by atoms with E-state index in [9.17, 15) is 4.79 Å². The molecule has 5 nitrogen and oxygen atoms in total. The summed E-state index contributed by atoms with van der Waals surface area (Å²) in [7, 11) is 1.93. The first-order valence-electron chi connectivity index (χ1n) is 9.30. The third-order valence-electron chi connectivity index (χ3n) is 4.54. The molecule has 0 fully saturated rings. The van der Waals surface area contributed by atoms with E-state index in [2.05, 4.69) is 23.7 Å². The molecule has 3 rings (SSSR count). The maximum atomic E-state index is 12.9. The third kappa shape index (κ3) is 5.10. The van der Waals surface area contributed by atoms with Crippen LogP contribution in [0.1, 0.15) is 21.7 Å². The van der Waals surface area contributed by atoms with Gasteiger partial charge in [-0.15, -0.1) is 6.58 Å². The van der Waals surface area contributed by atoms with E-state index in [4.69, 9.17) is 4.74 Å². The van der Waals surface area contributed by atoms with Crippen LogP contribution in [-0.2, 0) is 20.1 Å². The summed E-state index contributed by atoms with van der Waals surface area (Å²) in [5, 5.41) is 0. The van der Waals surface area contributed by atoms with E-state index < -0.39 is 0 Å². The molecule has 0 atom stereocenters. The Labute approximate surface area is 165 Å². The maximum Gasteiger partial charge on any atom is 0.254 e. The molecular weight excluding hydrogens is 350 g/mol. The van der Waals surface area contributed by atoms with Crippen LogP contribution in [0.15, 0.2) is 79.6 Å². The van der Waals surface area contributed by atoms with E-state index >= 15 is 0 Å². The zero-order valence-electron chi connectivity index (χ0n) is 16.1. The fourth-order valence-corrected chi connectivity index (χ4v) is 2.90. The summed E-state index contributed by atoms with van der Waals surface area (Å²) in [5.41, 5.74) is 1.85. The van der Waals surface area contributed by atoms with Gasteiger partial charge in [-0.05, 0) is 36.2 Å². The zero-order valence-corrected chi connectivity index (χ0v) is 16.1. The second-order valence-electron chi connectivity index (χ2n) is 6.54. The number of rotatable bonds is 9. The number of hydrogen-bond acceptors (Lipinski definition) is 3. The van der Waals surface area contributed by atoms with Crippen molar-refractivity contribution in [2.24, 2.45) is 7.05 Å². The third-order valence-corrected chi connectivity index (χ3v) is 4.54. The van der Waals surface area contributed by atoms with E-state index in [0.29, 0.717) is 31.0 Å². The van der Waals surface area contributed by atoms with Crippen molar-refractivity contribution in [3.8, 4) is 5.75 Å². The molecule has 1 heterocycles. The molecule has 1 aromatic heterocycles. The van der Waals surface area contributed by atoms with Crippen molar-refractivity contribution in [1.82, 2.24) is 14.5 Å². The van der Waals surface area contributed by atoms with Gasteiger partial charge >= 0.3 is 0 Å². The van der Waals surface area contributed by atoms with Crippen LogP contribution in [0.2, 0.25) is 0 Å². The molecule has 0 aliphatic carbocycles. The number of benzene rings is 2. The number of carbonyl (C=O) groups is 1. The second-order valence-corrected chi connectivity index (χ2v) is 6.54. The van der Waals surface area contributed by atoms with Gasteiger partial charge in [0.25, 0.3) is 5.91 Å². The quantitative estimate of drug-likeness (QED) is 0.534. The van der Waals surface area contributed by atoms with Gasteiger partial charge in [0.05, 0.1) is 0 Å². The lowest BCUT2D eigenvalue weighted by molar-refractivity contribution is 0.0775. The summed E-state index contributed by atoms with van der Waals surface area (Å²) in [4.78, 5) is 18.9. The average Bonchev–Trinajstić information content (AvgIpc) is 3.15. The Balaban J connectivity index is 1.60. The van der Waals surface area contributed by atoms with E-state index in [1.165, 1.54) is 5.56 Å². The SMILES string of the molecule is C=CCN(CCc1ccccc1)C(=O)c1ccc(OCc2nccn2C)cc1. The molecule has 3 aromatic rings. The van der Waals surface area contributed by atoms with Crippen LogP contribution in [0.5, 0.6) is 5.75 Å². The van der Waals surface area contributed by atoms with Gasteiger partial charge in [0.1, 0.15) is 18.2 Å². The van der Waals surface area contributed by atoms with Gasteiger partial charge in [0, 0.05) is 38.1 Å². The van der Waals surface area contributed by atoms with Gasteiger partial charge in [0.2, 0.25) is 0 Å². The first kappa shape index (κ1) is 19.4. The number of amides is 1. The van der Waals surface area contributed by atoms with Crippen LogP contribution in [0, 0.1) is 0 Å². The number of ether oxygens (including phenoxy) is 1. The van der Waals surface area contributed by atoms with Crippen molar-refractivity contribution in [1.29, 1.82) is 0 Å². The van der Waals surface area contributed by atoms with E-state index in [1.54, 1.807) is 24.4 Å². The highest BCUT2D eigenvalue weighted by molar-refractivity contribution is 5.94. The minimum atomic E-state index is -0.00789. The van der Waals surface area contributed by atoms with Crippen molar-refractivity contribution in [3.05, 3.63) is 96.6 Å². The van der Waals surface area contributed by atoms with Crippen molar-refractivity contribution < 1.29 is 9.53 Å². The lowest BCUT2D eigenvalue weighted by Crippen LogP contribution is -2.33. The summed E-state index contributed by atoms with van der Waals surface area (Å²) in [5.74, 6) is 1.55. The van der Waals surface area contributed by atoms with Crippen LogP contribution >= 0.6 is 0 Å². The number of imidazole rings is 1. The second kappa shape index (κ2) is 9.55. The monoisotopic (exact) mass is 375 g/mol. The average molecular weight is 375 g/mol. The molecule has 5 heteroatoms. The molecule has 0 radical (unpaired) electrons. The minimum Gasteiger partial charge on any atom is -0.486 e. The van der Waals surface area contributed by atoms with E-state index in [1.807, 2.05) is 53.0 Å². The molecule has 0 spiro atoms. The topological polar surface area (TPSA) is 47.4 Å². The normalized spacial score (nSPS) is 10.5. The van der Waals surface area contributed by atoms with Gasteiger partial charge in [-0.3, -0.25) is 4.79 Å². The number of carbonyl (C=O) groups excluding carboxylic acids is 1. The Hall–Kier alpha value is -3.34. The predicted octanol–water partition coefficient (Wildman–Crippen LogP) is 3.87. The highest BCUT2D eigenvalue weighted by Crippen LogP contribution is 2.16. The molecular formula is C23H25N3O2. The summed E-state index contributed by atoms with van der Waals surface area (Å²) in [6.07, 6.45) is 6.19. The maximum absolute atomic E-state index is 12.9. The predicted molar refractivity (Wildman–Crippen MR) is 110 cm³/mol. The molecule has 0 aliphatic rings. The molecule has 2 aromatic carbocycles. The number of hydrogen-bond donors (Lipinski definition) is 0. The Morgan fingerprint density at radius 1 is 1.18 bits per heavy atom. The highest BCUT2D eigenvalue weighted by Gasteiger charge is 2.14. The summed E-state index contributed by atoms with van der Waals surface area (Å²) >= 11 is 0. The molecule has 0 unspecified atom stereocenters. The first-order chi connectivity index (χ1) is 13.7. The molecule has 1 amide bonds. The van der Waals surface area contributed by atoms with E-state index in [0.717, 1.165) is 12.2 Å². The molecule has 0 aliphatic heterocycles. The highest BCUT2D eigenvalue weighted by atomic mass is 16.5. The Morgan fingerprint density at radius 2 is 1.93 bits per heavy atom. The Morgan fingerprint density at radius 3 is 2.57 bits per heavy atom. The zero-order chi connectivity index (χ0) is 19.8. The molecule has 0 saturated carbocycles. The van der Waals surface area contributed by atoms with Gasteiger partial charge in [-0.25, -0.2) is 4.98 Å². The Bertz CT molecular complexity index is 901. The Kier molecular flexibility index (Phi) is 6.63. The number of aromatic nitrogens is 2. The van der Waals surface area contributed by atoms with Crippen molar-refractivity contribution in [2.45, 2.75) is 13.0 Å². The van der Waals surface area contributed by atoms with Crippen molar-refractivity contribution in [3.63, 3.8) is 0 Å². The molecule has 144 valence electrons. The first-order valence-corrected chi connectivity index (χ1v) is 9.30. The van der Waals surface area contributed by atoms with E-state index in [-0.39, 0.29) is 5.91 Å². The van der Waals surface area contributed by atoms with Gasteiger partial charge < -0.3 is 14.2 Å². The lowest BCUT2D eigenvalue weighted by atomic mass is 10.1. The standard InChI is InChI=1S/C23H25N3O2/c1-3-15-26(16-13-19-7-5-4-6-8-19)23(27)20-9-11-21(12-10-20)28-18-22-24-14-17-25(22)2/h3-12,14,17H,1,13,15-16,18H2,2H3. The molecule has 0 N–H and O–H groups in total. The molecule has 28 heavy (non-hydrogen) atoms. The molecule has 0 bridgehead atoms. The fourth-order valence-electron chi connectivity index (χ4n) is 2.90. The summed E-state index contributed by atoms with van der Waals surface area (Å²) < 4.78 is 7.67. The fraction of sp³-hybridized carbons (Fsp3) is 0.217. The van der Waals surface area contributed by atoms with Crippen LogP contribution in [0.25, 0.3) is 0 Å². The smallest absolute Gasteiger partial charge is 0.254 e. The van der Waals surface area contributed by atoms with Crippen LogP contribution in [0.3, 0.4) is 0 Å². The summed E-state index contributed by atoms with van der Waals surface area (Å²) in [6, 6.07) is 17.4. The molecule has 0 saturated heterocycles. The minimum absolute atomic E-state index is 0.00789. The van der Waals surface area contributed by atoms with Gasteiger partial charge in [0.15, 0.2) is 0 Å². The largest absolute Gasteiger partial charge is 0.486 e. The van der Waals surface area contributed by atoms with Crippen LogP contribution < -0.4 is 4.74 Å². The van der Waals surface area contributed by atoms with Gasteiger partial charge in [-0.1, -0.05) is 36.4 Å².